The van der Waals surface area contributed by atoms with Crippen molar-refractivity contribution in [1.29, 1.82) is 0 Å². The Morgan fingerprint density at radius 2 is 2.35 bits per heavy atom. The Balaban J connectivity index is 2.38. The first-order valence-corrected chi connectivity index (χ1v) is 7.64. The van der Waals surface area contributed by atoms with E-state index in [0.717, 1.165) is 8.99 Å². The first-order chi connectivity index (χ1) is 9.34. The first-order valence-electron chi connectivity index (χ1n) is 5.83. The van der Waals surface area contributed by atoms with Crippen LogP contribution in [0, 0.1) is 0 Å². The number of aliphatic carboxylic acids is 1. The zero-order chi connectivity index (χ0) is 14.9. The summed E-state index contributed by atoms with van der Waals surface area (Å²) in [7, 11) is -2.45. The molecule has 10 heteroatoms. The third-order valence-corrected chi connectivity index (χ3v) is 5.44. The van der Waals surface area contributed by atoms with Gasteiger partial charge >= 0.3 is 5.97 Å². The van der Waals surface area contributed by atoms with Gasteiger partial charge in [-0.15, -0.1) is 0 Å². The highest BCUT2D eigenvalue weighted by molar-refractivity contribution is 7.89. The lowest BCUT2D eigenvalue weighted by atomic mass is 10.2. The third kappa shape index (κ3) is 2.80. The maximum atomic E-state index is 12.6. The van der Waals surface area contributed by atoms with Gasteiger partial charge in [0.05, 0.1) is 36.9 Å². The topological polar surface area (TPSA) is 102 Å². The molecule has 112 valence electrons. The SMILES string of the molecule is Cn1ncc(Cl)c1S(=O)(=O)N1CCOCC1CC(=O)O. The fourth-order valence-corrected chi connectivity index (χ4v) is 4.32. The first kappa shape index (κ1) is 15.2. The highest BCUT2D eigenvalue weighted by Gasteiger charge is 2.38. The molecule has 0 saturated carbocycles. The van der Waals surface area contributed by atoms with Gasteiger partial charge in [-0.2, -0.15) is 9.40 Å². The summed E-state index contributed by atoms with van der Waals surface area (Å²) < 4.78 is 32.7. The minimum absolute atomic E-state index is 0.00747. The second-order valence-electron chi connectivity index (χ2n) is 4.36. The Morgan fingerprint density at radius 3 is 2.90 bits per heavy atom. The van der Waals surface area contributed by atoms with Crippen molar-refractivity contribution in [2.75, 3.05) is 19.8 Å². The largest absolute Gasteiger partial charge is 0.481 e. The molecule has 1 unspecified atom stereocenters. The summed E-state index contributed by atoms with van der Waals surface area (Å²) in [6.07, 6.45) is 0.912. The number of aryl methyl sites for hydroxylation is 1. The second-order valence-corrected chi connectivity index (χ2v) is 6.58. The van der Waals surface area contributed by atoms with Gasteiger partial charge in [0.25, 0.3) is 10.0 Å². The Bertz CT molecular complexity index is 595. The van der Waals surface area contributed by atoms with E-state index < -0.39 is 22.0 Å². The van der Waals surface area contributed by atoms with Gasteiger partial charge in [0, 0.05) is 13.6 Å². The Hall–Kier alpha value is -1.16. The molecule has 20 heavy (non-hydrogen) atoms. The van der Waals surface area contributed by atoms with Gasteiger partial charge in [-0.25, -0.2) is 8.42 Å². The molecule has 1 aliphatic heterocycles. The molecule has 0 radical (unpaired) electrons. The van der Waals surface area contributed by atoms with Crippen LogP contribution in [-0.2, 0) is 26.6 Å². The standard InChI is InChI=1S/C10H14ClN3O5S/c1-13-10(8(11)5-12-13)20(17,18)14-2-3-19-6-7(14)4-9(15)16/h5,7H,2-4,6H2,1H3,(H,15,16). The van der Waals surface area contributed by atoms with Crippen LogP contribution in [0.25, 0.3) is 0 Å². The zero-order valence-corrected chi connectivity index (χ0v) is 12.3. The number of ether oxygens (including phenoxy) is 1. The van der Waals surface area contributed by atoms with Crippen LogP contribution >= 0.6 is 11.6 Å². The van der Waals surface area contributed by atoms with E-state index in [0.29, 0.717) is 0 Å². The van der Waals surface area contributed by atoms with Gasteiger partial charge in [-0.1, -0.05) is 11.6 Å². The summed E-state index contributed by atoms with van der Waals surface area (Å²) in [5.41, 5.74) is 0. The molecule has 2 heterocycles. The number of carboxylic acids is 1. The molecule has 1 aromatic heterocycles. The van der Waals surface area contributed by atoms with E-state index in [9.17, 15) is 13.2 Å². The van der Waals surface area contributed by atoms with Crippen molar-refractivity contribution in [3.8, 4) is 0 Å². The number of carboxylic acid groups (broad SMARTS) is 1. The van der Waals surface area contributed by atoms with Gasteiger partial charge in [0.15, 0.2) is 5.03 Å². The molecule has 0 aliphatic carbocycles. The summed E-state index contributed by atoms with van der Waals surface area (Å²) in [5, 5.41) is 12.5. The number of hydrogen-bond acceptors (Lipinski definition) is 5. The van der Waals surface area contributed by atoms with E-state index in [2.05, 4.69) is 5.10 Å². The fourth-order valence-electron chi connectivity index (χ4n) is 2.12. The molecule has 0 bridgehead atoms. The highest BCUT2D eigenvalue weighted by Crippen LogP contribution is 2.27. The van der Waals surface area contributed by atoms with Crippen LogP contribution in [0.1, 0.15) is 6.42 Å². The average Bonchev–Trinajstić information content (AvgIpc) is 2.69. The molecule has 1 N–H and O–H groups in total. The maximum absolute atomic E-state index is 12.6. The number of morpholine rings is 1. The van der Waals surface area contributed by atoms with E-state index in [1.165, 1.54) is 13.2 Å². The lowest BCUT2D eigenvalue weighted by molar-refractivity contribution is -0.139. The van der Waals surface area contributed by atoms with Crippen molar-refractivity contribution < 1.29 is 23.1 Å². The molecule has 0 spiro atoms. The van der Waals surface area contributed by atoms with Crippen molar-refractivity contribution in [1.82, 2.24) is 14.1 Å². The number of sulfonamides is 1. The molecule has 1 saturated heterocycles. The van der Waals surface area contributed by atoms with Crippen molar-refractivity contribution in [2.45, 2.75) is 17.5 Å². The Morgan fingerprint density at radius 1 is 1.65 bits per heavy atom. The van der Waals surface area contributed by atoms with Gasteiger partial charge in [0.2, 0.25) is 0 Å². The maximum Gasteiger partial charge on any atom is 0.305 e. The number of hydrogen-bond donors (Lipinski definition) is 1. The van der Waals surface area contributed by atoms with E-state index >= 15 is 0 Å². The lowest BCUT2D eigenvalue weighted by Gasteiger charge is -2.33. The Kier molecular flexibility index (Phi) is 4.33. The van der Waals surface area contributed by atoms with Crippen LogP contribution < -0.4 is 0 Å². The molecular formula is C10H14ClN3O5S. The van der Waals surface area contributed by atoms with Crippen LogP contribution in [0.3, 0.4) is 0 Å². The number of aromatic nitrogens is 2. The molecule has 1 aliphatic rings. The van der Waals surface area contributed by atoms with E-state index in [1.807, 2.05) is 0 Å². The average molecular weight is 324 g/mol. The van der Waals surface area contributed by atoms with Gasteiger partial charge in [-0.05, 0) is 0 Å². The quantitative estimate of drug-likeness (QED) is 0.832. The van der Waals surface area contributed by atoms with Gasteiger partial charge in [0.1, 0.15) is 0 Å². The minimum Gasteiger partial charge on any atom is -0.481 e. The summed E-state index contributed by atoms with van der Waals surface area (Å²) in [4.78, 5) is 10.8. The van der Waals surface area contributed by atoms with Crippen molar-refractivity contribution in [3.05, 3.63) is 11.2 Å². The molecule has 0 aromatic carbocycles. The van der Waals surface area contributed by atoms with Gasteiger partial charge < -0.3 is 9.84 Å². The molecule has 1 aromatic rings. The number of carbonyl (C=O) groups is 1. The number of nitrogens with zero attached hydrogens (tertiary/aromatic N) is 3. The molecular weight excluding hydrogens is 310 g/mol. The second kappa shape index (κ2) is 5.68. The predicted molar refractivity (Wildman–Crippen MR) is 69.0 cm³/mol. The molecule has 1 atom stereocenters. The number of halogens is 1. The summed E-state index contributed by atoms with van der Waals surface area (Å²) >= 11 is 5.87. The van der Waals surface area contributed by atoms with Crippen LogP contribution in [0.5, 0.6) is 0 Å². The van der Waals surface area contributed by atoms with Crippen LogP contribution in [-0.4, -0.2) is 59.4 Å². The van der Waals surface area contributed by atoms with Crippen molar-refractivity contribution in [3.63, 3.8) is 0 Å². The highest BCUT2D eigenvalue weighted by atomic mass is 35.5. The molecule has 2 rings (SSSR count). The molecule has 0 amide bonds. The van der Waals surface area contributed by atoms with Crippen molar-refractivity contribution >= 4 is 27.6 Å². The molecule has 8 nitrogen and oxygen atoms in total. The number of rotatable bonds is 4. The van der Waals surface area contributed by atoms with E-state index in [1.54, 1.807) is 0 Å². The Labute approximate surface area is 120 Å². The summed E-state index contributed by atoms with van der Waals surface area (Å²) in [6.45, 7) is 0.341. The van der Waals surface area contributed by atoms with Crippen LogP contribution in [0.4, 0.5) is 0 Å². The third-order valence-electron chi connectivity index (χ3n) is 2.98. The van der Waals surface area contributed by atoms with Gasteiger partial charge in [-0.3, -0.25) is 9.48 Å². The van der Waals surface area contributed by atoms with Crippen LogP contribution in [0.15, 0.2) is 11.2 Å². The fraction of sp³-hybridized carbons (Fsp3) is 0.600. The monoisotopic (exact) mass is 323 g/mol. The zero-order valence-electron chi connectivity index (χ0n) is 10.7. The lowest BCUT2D eigenvalue weighted by Crippen LogP contribution is -2.49. The molecule has 1 fully saturated rings. The minimum atomic E-state index is -3.92. The smallest absolute Gasteiger partial charge is 0.305 e. The summed E-state index contributed by atoms with van der Waals surface area (Å²) in [6, 6.07) is -0.753. The van der Waals surface area contributed by atoms with Crippen LogP contribution in [0.2, 0.25) is 5.02 Å². The normalized spacial score (nSPS) is 21.0. The van der Waals surface area contributed by atoms with E-state index in [4.69, 9.17) is 21.4 Å². The predicted octanol–water partition coefficient (Wildman–Crippen LogP) is -0.0623. The van der Waals surface area contributed by atoms with Crippen molar-refractivity contribution in [2.24, 2.45) is 7.05 Å². The van der Waals surface area contributed by atoms with E-state index in [-0.39, 0.29) is 36.2 Å². The summed E-state index contributed by atoms with van der Waals surface area (Å²) in [5.74, 6) is -1.09.